The molecule has 6 rings (SSSR count). The number of anilines is 1. The second-order valence-corrected chi connectivity index (χ2v) is 13.3. The molecule has 1 aliphatic heterocycles. The Bertz CT molecular complexity index is 2070. The van der Waals surface area contributed by atoms with Crippen LogP contribution in [0.25, 0.3) is 21.8 Å². The number of alkyl halides is 1. The summed E-state index contributed by atoms with van der Waals surface area (Å²) in [6, 6.07) is 20.3. The van der Waals surface area contributed by atoms with Crippen LogP contribution in [0.3, 0.4) is 0 Å². The molecule has 4 N–H and O–H groups in total. The molecular weight excluding hydrogens is 656 g/mol. The highest BCUT2D eigenvalue weighted by atomic mass is 31.2. The van der Waals surface area contributed by atoms with Gasteiger partial charge in [-0.1, -0.05) is 66.6 Å². The number of nitrogens with zero attached hydrogens (tertiary/aromatic N) is 3. The largest absolute Gasteiger partial charge is 0.460 e. The van der Waals surface area contributed by atoms with Gasteiger partial charge in [0.15, 0.2) is 17.7 Å². The Hall–Kier alpha value is -4.87. The number of rotatable bonds is 12. The summed E-state index contributed by atoms with van der Waals surface area (Å²) in [7, 11) is -4.44. The summed E-state index contributed by atoms with van der Waals surface area (Å²) in [4.78, 5) is 21.0. The maximum atomic E-state index is 16.3. The van der Waals surface area contributed by atoms with Gasteiger partial charge in [-0.2, -0.15) is 5.09 Å². The fraction of sp³-hybridized carbons (Fsp3) is 0.265. The highest BCUT2D eigenvalue weighted by Crippen LogP contribution is 2.48. The predicted molar refractivity (Wildman–Crippen MR) is 177 cm³/mol. The lowest BCUT2D eigenvalue weighted by molar-refractivity contribution is -0.146. The molecule has 1 saturated heterocycles. The molecule has 6 atom stereocenters. The molecule has 254 valence electrons. The molecule has 0 bridgehead atoms. The highest BCUT2D eigenvalue weighted by molar-refractivity contribution is 7.52. The number of fused-ring (bicyclic) bond motifs is 2. The maximum absolute atomic E-state index is 16.3. The van der Waals surface area contributed by atoms with Gasteiger partial charge in [-0.25, -0.2) is 18.9 Å². The summed E-state index contributed by atoms with van der Waals surface area (Å²) < 4.78 is 54.9. The number of ether oxygens (including phenoxy) is 2. The second-order valence-electron chi connectivity index (χ2n) is 11.6. The Morgan fingerprint density at radius 3 is 2.63 bits per heavy atom. The monoisotopic (exact) mass is 689 g/mol. The minimum Gasteiger partial charge on any atom is -0.460 e. The number of hydrogen-bond donors (Lipinski definition) is 4. The molecule has 0 saturated carbocycles. The predicted octanol–water partition coefficient (Wildman–Crippen LogP) is 5.28. The third-order valence-corrected chi connectivity index (χ3v) is 9.77. The van der Waals surface area contributed by atoms with Crippen LogP contribution < -0.4 is 15.1 Å². The molecular formula is C34H33FN5O8P. The minimum absolute atomic E-state index is 0.00930. The molecule has 1 fully saturated rings. The number of aromatic nitrogens is 3. The third kappa shape index (κ3) is 7.00. The number of carbonyl (C=O) groups is 1. The average molecular weight is 690 g/mol. The first-order chi connectivity index (χ1) is 23.5. The number of benzene rings is 3. The van der Waals surface area contributed by atoms with Crippen molar-refractivity contribution in [3.63, 3.8) is 0 Å². The van der Waals surface area contributed by atoms with Gasteiger partial charge >= 0.3 is 13.7 Å². The van der Waals surface area contributed by atoms with Gasteiger partial charge < -0.3 is 23.7 Å². The van der Waals surface area contributed by atoms with Crippen molar-refractivity contribution in [2.24, 2.45) is 0 Å². The first-order valence-corrected chi connectivity index (χ1v) is 16.7. The van der Waals surface area contributed by atoms with E-state index in [2.05, 4.69) is 21.0 Å². The molecule has 5 aromatic rings. The van der Waals surface area contributed by atoms with Crippen molar-refractivity contribution in [1.29, 1.82) is 0 Å². The number of nitrogens with one attached hydrogen (secondary N) is 2. The van der Waals surface area contributed by atoms with Gasteiger partial charge in [0.05, 0.1) is 17.6 Å². The molecule has 15 heteroatoms. The van der Waals surface area contributed by atoms with Crippen LogP contribution in [-0.4, -0.2) is 61.3 Å². The summed E-state index contributed by atoms with van der Waals surface area (Å²) in [6.45, 7) is 1.92. The lowest BCUT2D eigenvalue weighted by Gasteiger charge is -2.25. The Kier molecular flexibility index (Phi) is 9.67. The highest BCUT2D eigenvalue weighted by Gasteiger charge is 2.56. The zero-order chi connectivity index (χ0) is 34.8. The van der Waals surface area contributed by atoms with Crippen molar-refractivity contribution in [2.75, 3.05) is 12.1 Å². The zero-order valence-electron chi connectivity index (χ0n) is 26.4. The van der Waals surface area contributed by atoms with Gasteiger partial charge in [-0.05, 0) is 42.3 Å². The van der Waals surface area contributed by atoms with E-state index >= 15 is 4.39 Å². The molecule has 13 nitrogen and oxygen atoms in total. The Morgan fingerprint density at radius 1 is 1.16 bits per heavy atom. The van der Waals surface area contributed by atoms with E-state index in [0.29, 0.717) is 0 Å². The smallest absolute Gasteiger partial charge is 0.459 e. The molecule has 2 aromatic heterocycles. The van der Waals surface area contributed by atoms with Gasteiger partial charge in [0.2, 0.25) is 0 Å². The van der Waals surface area contributed by atoms with Crippen LogP contribution in [0.1, 0.15) is 31.2 Å². The second kappa shape index (κ2) is 13.9. The van der Waals surface area contributed by atoms with Crippen molar-refractivity contribution in [3.8, 4) is 18.1 Å². The number of aliphatic hydroxyl groups excluding tert-OH is 1. The van der Waals surface area contributed by atoms with Crippen LogP contribution in [-0.2, 0) is 30.0 Å². The normalized spacial score (nSPS) is 22.3. The van der Waals surface area contributed by atoms with Crippen molar-refractivity contribution in [2.45, 2.75) is 50.6 Å². The Balaban J connectivity index is 1.24. The standard InChI is InChI=1S/C34H33FN5O8P/c1-4-23-17-40(31-28(23)30(38-43)36-20-37-31)33-34(3,35)29(41)27(47-33)19-46-49(44,48-26-15-14-24-12-8-9-13-25(24)16-26)39-21(2)32(42)45-18-22-10-6-5-7-11-22/h1,5-17,20-21,27,29,33,41,43H,18-19H2,2-3H3,(H,39,44)(H,36,37,38)/t21?,27-,29-,33-,34-,49?/m1/s1. The van der Waals surface area contributed by atoms with Crippen LogP contribution in [0.4, 0.5) is 10.2 Å². The first-order valence-electron chi connectivity index (χ1n) is 15.2. The van der Waals surface area contributed by atoms with Gasteiger partial charge in [0.25, 0.3) is 0 Å². The van der Waals surface area contributed by atoms with Gasteiger partial charge in [0.1, 0.15) is 42.6 Å². The Labute approximate surface area is 280 Å². The summed E-state index contributed by atoms with van der Waals surface area (Å²) >= 11 is 0. The van der Waals surface area contributed by atoms with Crippen molar-refractivity contribution >= 4 is 41.3 Å². The fourth-order valence-corrected chi connectivity index (χ4v) is 7.07. The molecule has 0 radical (unpaired) electrons. The fourth-order valence-electron chi connectivity index (χ4n) is 5.58. The van der Waals surface area contributed by atoms with E-state index in [-0.39, 0.29) is 34.8 Å². The number of aliphatic hydroxyl groups is 1. The maximum Gasteiger partial charge on any atom is 0.459 e. The third-order valence-electron chi connectivity index (χ3n) is 8.12. The van der Waals surface area contributed by atoms with Crippen LogP contribution in [0, 0.1) is 12.3 Å². The first kappa shape index (κ1) is 34.0. The SMILES string of the molecule is C#Cc1cn([C@@H]2O[C@H](COP(=O)(NC(C)C(=O)OCc3ccccc3)Oc3ccc4ccccc4c3)[C@@H](O)[C@@]2(C)F)c2ncnc(NO)c12. The van der Waals surface area contributed by atoms with Crippen LogP contribution in [0.2, 0.25) is 0 Å². The molecule has 0 aliphatic carbocycles. The van der Waals surface area contributed by atoms with Gasteiger partial charge in [-0.15, -0.1) is 6.42 Å². The van der Waals surface area contributed by atoms with E-state index in [1.807, 2.05) is 35.8 Å². The lowest BCUT2D eigenvalue weighted by Crippen LogP contribution is -2.41. The summed E-state index contributed by atoms with van der Waals surface area (Å²) in [6.07, 6.45) is 3.53. The van der Waals surface area contributed by atoms with Crippen molar-refractivity contribution in [1.82, 2.24) is 19.6 Å². The number of terminal acetylenes is 1. The van der Waals surface area contributed by atoms with E-state index < -0.39 is 50.5 Å². The molecule has 3 heterocycles. The zero-order valence-corrected chi connectivity index (χ0v) is 27.3. The number of halogens is 1. The van der Waals surface area contributed by atoms with E-state index in [0.717, 1.165) is 29.6 Å². The summed E-state index contributed by atoms with van der Waals surface area (Å²) in [5.41, 5.74) is 0.615. The van der Waals surface area contributed by atoms with Gasteiger partial charge in [-0.3, -0.25) is 20.0 Å². The number of hydrogen-bond acceptors (Lipinski definition) is 11. The lowest BCUT2D eigenvalue weighted by atomic mass is 9.98. The van der Waals surface area contributed by atoms with Crippen LogP contribution in [0.5, 0.6) is 5.75 Å². The van der Waals surface area contributed by atoms with Crippen LogP contribution in [0.15, 0.2) is 85.3 Å². The quantitative estimate of drug-likeness (QED) is 0.0581. The van der Waals surface area contributed by atoms with E-state index in [1.165, 1.54) is 17.7 Å². The van der Waals surface area contributed by atoms with E-state index in [4.69, 9.17) is 24.9 Å². The Morgan fingerprint density at radius 2 is 1.90 bits per heavy atom. The van der Waals surface area contributed by atoms with Gasteiger partial charge in [0, 0.05) is 6.20 Å². The van der Waals surface area contributed by atoms with Crippen LogP contribution >= 0.6 is 7.75 Å². The number of esters is 1. The van der Waals surface area contributed by atoms with E-state index in [1.54, 1.807) is 42.5 Å². The average Bonchev–Trinajstić information content (AvgIpc) is 3.59. The van der Waals surface area contributed by atoms with Crippen molar-refractivity contribution in [3.05, 3.63) is 96.4 Å². The summed E-state index contributed by atoms with van der Waals surface area (Å²) in [5.74, 6) is 1.87. The number of carbonyl (C=O) groups excluding carboxylic acids is 1. The molecule has 3 aromatic carbocycles. The molecule has 49 heavy (non-hydrogen) atoms. The molecule has 0 amide bonds. The molecule has 1 aliphatic rings. The topological polar surface area (TPSA) is 166 Å². The minimum atomic E-state index is -4.44. The molecule has 0 spiro atoms. The summed E-state index contributed by atoms with van der Waals surface area (Å²) in [5, 5.41) is 25.2. The van der Waals surface area contributed by atoms with E-state index in [9.17, 15) is 19.7 Å². The molecule has 2 unspecified atom stereocenters. The van der Waals surface area contributed by atoms with Crippen molar-refractivity contribution < 1.29 is 42.6 Å².